The van der Waals surface area contributed by atoms with E-state index in [4.69, 9.17) is 45.4 Å². The van der Waals surface area contributed by atoms with Gasteiger partial charge in [0.25, 0.3) is 0 Å². The molecule has 32 heteroatoms. The second-order valence-electron chi connectivity index (χ2n) is 26.5. The Hall–Kier alpha value is -7.99. The number of carbonyl (C=O) groups is 14. The van der Waals surface area contributed by atoms with Crippen LogP contribution in [0.4, 0.5) is 0 Å². The van der Waals surface area contributed by atoms with E-state index in [1.807, 2.05) is 77.8 Å². The summed E-state index contributed by atoms with van der Waals surface area (Å²) in [6.07, 6.45) is 22.2. The smallest absolute Gasteiger partial charge is 0.330 e. The van der Waals surface area contributed by atoms with E-state index in [1.54, 1.807) is 38.6 Å². The summed E-state index contributed by atoms with van der Waals surface area (Å²) in [7, 11) is 3.13. The molecule has 0 spiro atoms. The molecule has 2 aromatic carbocycles. The monoisotopic (exact) mass is 1740 g/mol. The predicted octanol–water partition coefficient (Wildman–Crippen LogP) is 7.18. The first-order valence-corrected chi connectivity index (χ1v) is 37.4. The minimum absolute atomic E-state index is 0. The number of hydrogen-bond donors (Lipinski definition) is 8. The van der Waals surface area contributed by atoms with Crippen molar-refractivity contribution in [3.8, 4) is 5.75 Å². The zero-order valence-corrected chi connectivity index (χ0v) is 73.0. The van der Waals surface area contributed by atoms with Gasteiger partial charge in [-0.2, -0.15) is 0 Å². The third-order valence-electron chi connectivity index (χ3n) is 16.1. The Labute approximate surface area is 714 Å². The molecule has 1 aliphatic heterocycles. The molecule has 0 saturated heterocycles. The number of fused-ring (bicyclic) bond motifs is 1. The molecule has 0 fully saturated rings. The molecule has 113 heavy (non-hydrogen) atoms. The average Bonchev–Trinajstić information content (AvgIpc) is 0.808. The second kappa shape index (κ2) is 68.4. The molecule has 30 nitrogen and oxygen atoms in total. The summed E-state index contributed by atoms with van der Waals surface area (Å²) in [6.45, 7) is 18.8. The van der Waals surface area contributed by atoms with E-state index in [2.05, 4.69) is 16.0 Å². The van der Waals surface area contributed by atoms with Gasteiger partial charge in [-0.3, -0.25) is 60.6 Å². The summed E-state index contributed by atoms with van der Waals surface area (Å²) >= 11 is 0. The second-order valence-corrected chi connectivity index (χ2v) is 26.5. The Bertz CT molecular complexity index is 3230. The normalized spacial score (nSPS) is 13.8. The molecule has 0 aliphatic carbocycles. The number of amides is 3. The fourth-order valence-corrected chi connectivity index (χ4v) is 9.10. The van der Waals surface area contributed by atoms with Gasteiger partial charge in [0.15, 0.2) is 23.1 Å². The number of likely N-dealkylation sites (N-methyl/N-ethyl adjacent to an activating group) is 1. The summed E-state index contributed by atoms with van der Waals surface area (Å²) in [4.78, 5) is 185. The van der Waals surface area contributed by atoms with Crippen molar-refractivity contribution in [2.75, 3.05) is 47.1 Å². The standard InChI is InChI=1S/C30H40N4O6.C13H20NO4.C13H20O5.C13H19O4.C12H19NO5.2Y/c1-18(2)14-25(30(39)40-5)33-27(36)19(3)31-28(37)24(15-20-10-12-23(35)13-11-20)32-29(38)26-16-21-8-6-7-9-22(21)17-34(26)4;1-2-3-8-18-13(17)7-6-12(16)5-4-11(9-14)10-15;1-3-4-9-18-12(15)8-7-11(14)6-5-10(2)13(16)17;1-3-4-9-17-13(16)8-7-12(15)6-5-11(2)10-14;1-2-3-8-18-11(15)7-5-9(14)4-6-10(13)12(16)17;;/h6-13,18-19,24-26,35H,14-17H2,1-5H3,(H,31,37)(H,32,38)(H,33,36);6-7,11H,2-5,8-9,14H2,1H3;7-8,10H,3-6,9H2,1-2H3,(H,16,17);7-8,11H,3-6,9H2,1-2H3;5,7,10H,2-4,6,8,13H2,1H3,(H,16,17);;/q;-1;;-1;;;/b;7-6+;2*8-7+;7-5+;;/t19?,24-,25-,26?;;;;;;/m0....../s1. The van der Waals surface area contributed by atoms with Gasteiger partial charge in [0, 0.05) is 128 Å². The third-order valence-corrected chi connectivity index (χ3v) is 16.1. The van der Waals surface area contributed by atoms with Crippen molar-refractivity contribution in [1.29, 1.82) is 0 Å². The molecule has 1 heterocycles. The number of benzene rings is 2. The number of carboxylic acids is 2. The minimum Gasteiger partial charge on any atom is -0.542 e. The maximum atomic E-state index is 13.4. The van der Waals surface area contributed by atoms with Crippen molar-refractivity contribution in [2.24, 2.45) is 35.1 Å². The Morgan fingerprint density at radius 3 is 1.36 bits per heavy atom. The van der Waals surface area contributed by atoms with Crippen molar-refractivity contribution in [1.82, 2.24) is 20.9 Å². The predicted molar refractivity (Wildman–Crippen MR) is 413 cm³/mol. The first-order chi connectivity index (χ1) is 52.6. The number of allylic oxidation sites excluding steroid dienone is 4. The van der Waals surface area contributed by atoms with Crippen LogP contribution in [0.25, 0.3) is 0 Å². The van der Waals surface area contributed by atoms with Crippen molar-refractivity contribution in [3.05, 3.63) is 114 Å². The zero-order chi connectivity index (χ0) is 84.2. The summed E-state index contributed by atoms with van der Waals surface area (Å²) in [5, 5.41) is 35.0. The summed E-state index contributed by atoms with van der Waals surface area (Å²) < 4.78 is 24.1. The zero-order valence-electron chi connectivity index (χ0n) is 67.3. The number of aliphatic carboxylic acids is 2. The number of ether oxygens (including phenoxy) is 5. The number of aromatic hydroxyl groups is 1. The number of ketones is 4. The molecule has 3 amide bonds. The molecular formula is C81H118N6O24Y2-2. The van der Waals surface area contributed by atoms with E-state index in [0.717, 1.165) is 105 Å². The molecule has 624 valence electrons. The number of hydrogen-bond acceptors (Lipinski definition) is 25. The Balaban J connectivity index is -0.000000697. The van der Waals surface area contributed by atoms with Crippen LogP contribution in [0, 0.1) is 23.7 Å². The van der Waals surface area contributed by atoms with Gasteiger partial charge in [0.05, 0.1) is 45.5 Å². The molecule has 2 radical (unpaired) electrons. The number of carbonyl (C=O) groups excluding carboxylic acids is 14. The van der Waals surface area contributed by atoms with Crippen molar-refractivity contribution in [2.45, 2.75) is 221 Å². The van der Waals surface area contributed by atoms with Crippen LogP contribution in [0.5, 0.6) is 5.75 Å². The van der Waals surface area contributed by atoms with Gasteiger partial charge in [0.1, 0.15) is 29.9 Å². The van der Waals surface area contributed by atoms with Crippen LogP contribution in [0.15, 0.2) is 97.1 Å². The van der Waals surface area contributed by atoms with Crippen LogP contribution < -0.4 is 27.4 Å². The summed E-state index contributed by atoms with van der Waals surface area (Å²) in [5.41, 5.74) is 13.5. The van der Waals surface area contributed by atoms with Crippen LogP contribution in [-0.2, 0) is 185 Å². The van der Waals surface area contributed by atoms with Gasteiger partial charge in [-0.05, 0) is 131 Å². The number of phenolic OH excluding ortho intramolecular Hbond substituents is 1. The summed E-state index contributed by atoms with van der Waals surface area (Å²) in [6, 6.07) is 10.0. The van der Waals surface area contributed by atoms with E-state index < -0.39 is 95.6 Å². The van der Waals surface area contributed by atoms with E-state index in [1.165, 1.54) is 38.3 Å². The van der Waals surface area contributed by atoms with E-state index in [-0.39, 0.29) is 164 Å². The van der Waals surface area contributed by atoms with E-state index >= 15 is 0 Å². The molecule has 0 saturated carbocycles. The number of rotatable bonds is 48. The number of nitrogens with one attached hydrogen (secondary N) is 3. The molecule has 6 unspecified atom stereocenters. The molecule has 0 aromatic heterocycles. The van der Waals surface area contributed by atoms with E-state index in [0.29, 0.717) is 58.7 Å². The Morgan fingerprint density at radius 1 is 0.549 bits per heavy atom. The van der Waals surface area contributed by atoms with Crippen molar-refractivity contribution >= 4 is 95.2 Å². The van der Waals surface area contributed by atoms with Crippen LogP contribution in [-0.4, -0.2) is 193 Å². The Morgan fingerprint density at radius 2 is 0.973 bits per heavy atom. The molecule has 0 bridgehead atoms. The minimum atomic E-state index is -1.15. The van der Waals surface area contributed by atoms with Crippen LogP contribution in [0.3, 0.4) is 0 Å². The maximum Gasteiger partial charge on any atom is 0.330 e. The van der Waals surface area contributed by atoms with Gasteiger partial charge in [-0.15, -0.1) is 11.8 Å². The third kappa shape index (κ3) is 57.7. The topological polar surface area (TPSA) is 471 Å². The van der Waals surface area contributed by atoms with Gasteiger partial charge in [-0.25, -0.2) is 24.0 Å². The fraction of sp³-hybridized carbons (Fsp3) is 0.556. The number of carboxylic acid groups (broad SMARTS) is 2. The van der Waals surface area contributed by atoms with Crippen molar-refractivity contribution < 1.29 is 181 Å². The quantitative estimate of drug-likeness (QED) is 0.0107. The molecule has 3 rings (SSSR count). The molecule has 10 N–H and O–H groups in total. The number of esters is 5. The first-order valence-electron chi connectivity index (χ1n) is 37.4. The molecule has 8 atom stereocenters. The number of unbranched alkanes of at least 4 members (excludes halogenated alkanes) is 4. The van der Waals surface area contributed by atoms with Gasteiger partial charge in [-0.1, -0.05) is 130 Å². The number of methoxy groups -OCH3 is 1. The first kappa shape index (κ1) is 111. The van der Waals surface area contributed by atoms with E-state index in [9.17, 15) is 81.8 Å². The number of nitrogens with zero attached hydrogens (tertiary/aromatic N) is 1. The fourth-order valence-electron chi connectivity index (χ4n) is 9.10. The average molecular weight is 1740 g/mol. The largest absolute Gasteiger partial charge is 0.542 e. The molecule has 2 aromatic rings. The summed E-state index contributed by atoms with van der Waals surface area (Å²) in [5.74, 6) is -8.16. The molecule has 1 aliphatic rings. The van der Waals surface area contributed by atoms with Gasteiger partial charge in [0.2, 0.25) is 17.7 Å². The SMILES string of the molecule is CCCCOC(=O)/C=C/C(=O)CCC(C)C(=O)O.CCCCOC(=O)/C=C/C(=O)CCC(C)[C-]=O.CCCCOC(=O)/C=C/C(=O)CCC(N)C(=O)O.CCCCOC(=O)/C=C/C(=O)CCC([C-]=O)CN.COC(=O)[C@H](CC(C)C)NC(=O)C(C)NC(=O)[C@H](Cc1ccc(O)cc1)NC(=O)C1Cc2ccccc2CN1C.[Y].[Y]. The van der Waals surface area contributed by atoms with Gasteiger partial charge < -0.3 is 76.0 Å². The van der Waals surface area contributed by atoms with Gasteiger partial charge >= 0.3 is 41.8 Å². The van der Waals surface area contributed by atoms with Crippen LogP contribution >= 0.6 is 0 Å². The number of phenols is 1. The van der Waals surface area contributed by atoms with Crippen LogP contribution in [0.2, 0.25) is 0 Å². The maximum absolute atomic E-state index is 13.4. The Kier molecular flexibility index (Phi) is 67.4. The molecular weight excluding hydrogens is 1620 g/mol. The van der Waals surface area contributed by atoms with Crippen LogP contribution in [0.1, 0.15) is 188 Å². The number of nitrogens with two attached hydrogens (primary N) is 2. The van der Waals surface area contributed by atoms with Crippen molar-refractivity contribution in [3.63, 3.8) is 0 Å².